The summed E-state index contributed by atoms with van der Waals surface area (Å²) in [5.41, 5.74) is 0.00732. The van der Waals surface area contributed by atoms with Crippen molar-refractivity contribution in [3.63, 3.8) is 0 Å². The van der Waals surface area contributed by atoms with E-state index in [4.69, 9.17) is 28.3 Å². The Morgan fingerprint density at radius 2 is 2.06 bits per heavy atom. The number of amides is 1. The summed E-state index contributed by atoms with van der Waals surface area (Å²) in [5.74, 6) is -4.13. The Balaban J connectivity index is 2.74. The van der Waals surface area contributed by atoms with Crippen molar-refractivity contribution in [3.8, 4) is 0 Å². The van der Waals surface area contributed by atoms with Crippen molar-refractivity contribution >= 4 is 29.1 Å². The maximum absolute atomic E-state index is 12.7. The average molecular weight is 284 g/mol. The van der Waals surface area contributed by atoms with Crippen LogP contribution in [0.15, 0.2) is 18.2 Å². The second-order valence-electron chi connectivity index (χ2n) is 3.32. The largest absolute Gasteiger partial charge is 0.390 e. The molecule has 1 rings (SSSR count). The second-order valence-corrected chi connectivity index (χ2v) is 4.16. The van der Waals surface area contributed by atoms with Crippen molar-refractivity contribution in [1.82, 2.24) is 5.32 Å². The molecule has 2 N–H and O–H groups in total. The number of hydrogen-bond donors (Lipinski definition) is 2. The predicted molar refractivity (Wildman–Crippen MR) is 60.8 cm³/mol. The molecule has 0 bridgehead atoms. The first-order valence-electron chi connectivity index (χ1n) is 4.57. The molecule has 1 amide bonds. The average Bonchev–Trinajstić information content (AvgIpc) is 2.29. The van der Waals surface area contributed by atoms with Crippen LogP contribution in [0.4, 0.5) is 8.78 Å². The van der Waals surface area contributed by atoms with Gasteiger partial charge in [-0.25, -0.2) is 8.78 Å². The molecule has 1 aromatic rings. The lowest BCUT2D eigenvalue weighted by Gasteiger charge is -2.14. The quantitative estimate of drug-likeness (QED) is 0.891. The minimum Gasteiger partial charge on any atom is -0.390 e. The Morgan fingerprint density at radius 1 is 1.41 bits per heavy atom. The molecule has 94 valence electrons. The first-order valence-corrected chi connectivity index (χ1v) is 5.33. The molecule has 0 atom stereocenters. The van der Waals surface area contributed by atoms with Crippen molar-refractivity contribution in [2.24, 2.45) is 0 Å². The van der Waals surface area contributed by atoms with E-state index in [-0.39, 0.29) is 15.6 Å². The van der Waals surface area contributed by atoms with Gasteiger partial charge in [-0.05, 0) is 18.2 Å². The maximum Gasteiger partial charge on any atom is 0.287 e. The number of aliphatic hydroxyl groups is 1. The lowest BCUT2D eigenvalue weighted by molar-refractivity contribution is -0.0462. The standard InChI is InChI=1S/C10H9Cl2F2NO2/c11-6-1-2-8(12)7(3-6)9(17)15-4-10(13,14)5-16/h1-3,16H,4-5H2,(H,15,17). The minimum absolute atomic E-state index is 0.00732. The van der Waals surface area contributed by atoms with Crippen molar-refractivity contribution in [3.05, 3.63) is 33.8 Å². The number of carbonyl (C=O) groups is 1. The molecule has 0 saturated carbocycles. The Morgan fingerprint density at radius 3 is 2.65 bits per heavy atom. The van der Waals surface area contributed by atoms with Crippen LogP contribution in [0.3, 0.4) is 0 Å². The van der Waals surface area contributed by atoms with Crippen LogP contribution in [0.1, 0.15) is 10.4 Å². The summed E-state index contributed by atoms with van der Waals surface area (Å²) >= 11 is 11.4. The van der Waals surface area contributed by atoms with Crippen LogP contribution in [0, 0.1) is 0 Å². The molecule has 0 aliphatic carbocycles. The van der Waals surface area contributed by atoms with Gasteiger partial charge in [0, 0.05) is 5.02 Å². The summed E-state index contributed by atoms with van der Waals surface area (Å²) in [4.78, 5) is 11.5. The SMILES string of the molecule is O=C(NCC(F)(F)CO)c1cc(Cl)ccc1Cl. The van der Waals surface area contributed by atoms with E-state index < -0.39 is 25.0 Å². The van der Waals surface area contributed by atoms with Gasteiger partial charge in [0.25, 0.3) is 11.8 Å². The van der Waals surface area contributed by atoms with Crippen molar-refractivity contribution in [1.29, 1.82) is 0 Å². The van der Waals surface area contributed by atoms with Gasteiger partial charge in [0.2, 0.25) is 0 Å². The molecule has 7 heteroatoms. The first kappa shape index (κ1) is 14.2. The molecule has 0 aliphatic heterocycles. The van der Waals surface area contributed by atoms with Gasteiger partial charge in [-0.2, -0.15) is 0 Å². The van der Waals surface area contributed by atoms with E-state index in [0.717, 1.165) is 0 Å². The fourth-order valence-electron chi connectivity index (χ4n) is 1.03. The summed E-state index contributed by atoms with van der Waals surface area (Å²) < 4.78 is 25.4. The summed E-state index contributed by atoms with van der Waals surface area (Å²) in [6.07, 6.45) is 0. The monoisotopic (exact) mass is 283 g/mol. The van der Waals surface area contributed by atoms with Crippen LogP contribution < -0.4 is 5.32 Å². The Bertz CT molecular complexity index is 427. The van der Waals surface area contributed by atoms with E-state index in [0.29, 0.717) is 0 Å². The van der Waals surface area contributed by atoms with E-state index >= 15 is 0 Å². The number of hydrogen-bond acceptors (Lipinski definition) is 2. The molecule has 0 heterocycles. The van der Waals surface area contributed by atoms with Crippen LogP contribution in [0.2, 0.25) is 10.0 Å². The molecule has 3 nitrogen and oxygen atoms in total. The zero-order valence-corrected chi connectivity index (χ0v) is 10.0. The fourth-order valence-corrected chi connectivity index (χ4v) is 1.41. The number of aliphatic hydroxyl groups excluding tert-OH is 1. The smallest absolute Gasteiger partial charge is 0.287 e. The van der Waals surface area contributed by atoms with Crippen molar-refractivity contribution in [2.45, 2.75) is 5.92 Å². The Labute approximate surface area is 106 Å². The summed E-state index contributed by atoms with van der Waals surface area (Å²) in [7, 11) is 0. The number of alkyl halides is 2. The molecule has 0 fully saturated rings. The Kier molecular flexibility index (Phi) is 4.68. The molecule has 0 unspecified atom stereocenters. The van der Waals surface area contributed by atoms with Crippen LogP contribution in [0.5, 0.6) is 0 Å². The van der Waals surface area contributed by atoms with E-state index in [2.05, 4.69) is 0 Å². The topological polar surface area (TPSA) is 49.3 Å². The summed E-state index contributed by atoms with van der Waals surface area (Å²) in [6, 6.07) is 4.14. The first-order chi connectivity index (χ1) is 7.85. The molecule has 0 aromatic heterocycles. The van der Waals surface area contributed by atoms with Crippen molar-refractivity contribution < 1.29 is 18.7 Å². The third-order valence-corrected chi connectivity index (χ3v) is 2.48. The van der Waals surface area contributed by atoms with Crippen LogP contribution in [-0.4, -0.2) is 30.1 Å². The zero-order valence-electron chi connectivity index (χ0n) is 8.51. The van der Waals surface area contributed by atoms with Gasteiger partial charge < -0.3 is 10.4 Å². The zero-order chi connectivity index (χ0) is 13.1. The number of nitrogens with one attached hydrogen (secondary N) is 1. The summed E-state index contributed by atoms with van der Waals surface area (Å²) in [6.45, 7) is -2.30. The third kappa shape index (κ3) is 4.11. The van der Waals surface area contributed by atoms with Crippen LogP contribution in [-0.2, 0) is 0 Å². The minimum atomic E-state index is -3.36. The number of carbonyl (C=O) groups excluding carboxylic acids is 1. The van der Waals surface area contributed by atoms with Crippen LogP contribution >= 0.6 is 23.2 Å². The van der Waals surface area contributed by atoms with Gasteiger partial charge in [-0.15, -0.1) is 0 Å². The summed E-state index contributed by atoms with van der Waals surface area (Å²) in [5, 5.41) is 10.7. The molecular formula is C10H9Cl2F2NO2. The third-order valence-electron chi connectivity index (χ3n) is 1.91. The van der Waals surface area contributed by atoms with Crippen LogP contribution in [0.25, 0.3) is 0 Å². The molecule has 1 aromatic carbocycles. The van der Waals surface area contributed by atoms with Gasteiger partial charge >= 0.3 is 0 Å². The number of rotatable bonds is 4. The highest BCUT2D eigenvalue weighted by Gasteiger charge is 2.28. The highest BCUT2D eigenvalue weighted by atomic mass is 35.5. The Hall–Kier alpha value is -0.910. The number of halogens is 4. The van der Waals surface area contributed by atoms with Gasteiger partial charge in [-0.3, -0.25) is 4.79 Å². The molecular weight excluding hydrogens is 275 g/mol. The predicted octanol–water partition coefficient (Wildman–Crippen LogP) is 2.35. The second kappa shape index (κ2) is 5.62. The highest BCUT2D eigenvalue weighted by Crippen LogP contribution is 2.20. The molecule has 0 aliphatic rings. The van der Waals surface area contributed by atoms with Gasteiger partial charge in [0.15, 0.2) is 0 Å². The molecule has 17 heavy (non-hydrogen) atoms. The van der Waals surface area contributed by atoms with Crippen molar-refractivity contribution in [2.75, 3.05) is 13.2 Å². The van der Waals surface area contributed by atoms with E-state index in [1.165, 1.54) is 18.2 Å². The number of benzene rings is 1. The van der Waals surface area contributed by atoms with E-state index in [1.54, 1.807) is 0 Å². The normalized spacial score (nSPS) is 11.4. The van der Waals surface area contributed by atoms with Gasteiger partial charge in [0.05, 0.1) is 17.1 Å². The van der Waals surface area contributed by atoms with Gasteiger partial charge in [0.1, 0.15) is 6.61 Å². The lowest BCUT2D eigenvalue weighted by atomic mass is 10.2. The van der Waals surface area contributed by atoms with E-state index in [1.807, 2.05) is 5.32 Å². The molecule has 0 spiro atoms. The van der Waals surface area contributed by atoms with Gasteiger partial charge in [-0.1, -0.05) is 23.2 Å². The molecule has 0 saturated heterocycles. The maximum atomic E-state index is 12.7. The fraction of sp³-hybridized carbons (Fsp3) is 0.300. The lowest BCUT2D eigenvalue weighted by Crippen LogP contribution is -2.39. The highest BCUT2D eigenvalue weighted by molar-refractivity contribution is 6.35. The van der Waals surface area contributed by atoms with E-state index in [9.17, 15) is 13.6 Å². The molecule has 0 radical (unpaired) electrons.